The zero-order valence-electron chi connectivity index (χ0n) is 15.7. The molecule has 148 valence electrons. The molecule has 0 radical (unpaired) electrons. The van der Waals surface area contributed by atoms with Crippen LogP contribution in [0.4, 0.5) is 4.39 Å². The topological polar surface area (TPSA) is 67.9 Å². The van der Waals surface area contributed by atoms with E-state index in [1.807, 2.05) is 0 Å². The summed E-state index contributed by atoms with van der Waals surface area (Å²) in [7, 11) is 0. The van der Waals surface area contributed by atoms with Gasteiger partial charge in [0.25, 0.3) is 11.8 Å². The van der Waals surface area contributed by atoms with E-state index in [4.69, 9.17) is 9.47 Å². The lowest BCUT2D eigenvalue weighted by Crippen LogP contribution is -2.40. The molecule has 0 unspecified atom stereocenters. The summed E-state index contributed by atoms with van der Waals surface area (Å²) in [6.45, 7) is 3.83. The fourth-order valence-electron chi connectivity index (χ4n) is 2.92. The molecule has 1 aliphatic heterocycles. The highest BCUT2D eigenvalue weighted by Gasteiger charge is 2.21. The van der Waals surface area contributed by atoms with Crippen LogP contribution in [-0.4, -0.2) is 49.6 Å². The average molecular weight is 386 g/mol. The molecule has 7 heteroatoms. The van der Waals surface area contributed by atoms with Crippen LogP contribution in [0.5, 0.6) is 5.75 Å². The number of amides is 2. The Morgan fingerprint density at radius 3 is 2.68 bits per heavy atom. The molecule has 28 heavy (non-hydrogen) atoms. The summed E-state index contributed by atoms with van der Waals surface area (Å²) in [4.78, 5) is 26.5. The number of rotatable bonds is 6. The lowest BCUT2D eigenvalue weighted by atomic mass is 10.1. The van der Waals surface area contributed by atoms with Gasteiger partial charge in [0, 0.05) is 19.6 Å². The first kappa shape index (κ1) is 19.8. The van der Waals surface area contributed by atoms with E-state index in [1.165, 1.54) is 6.07 Å². The van der Waals surface area contributed by atoms with Crippen molar-refractivity contribution in [2.75, 3.05) is 32.9 Å². The molecular formula is C21H23FN2O4. The van der Waals surface area contributed by atoms with Crippen LogP contribution in [0.1, 0.15) is 21.5 Å². The quantitative estimate of drug-likeness (QED) is 0.827. The number of halogens is 1. The summed E-state index contributed by atoms with van der Waals surface area (Å²) in [6, 6.07) is 11.6. The van der Waals surface area contributed by atoms with Crippen LogP contribution in [0.3, 0.4) is 0 Å². The third kappa shape index (κ3) is 5.07. The highest BCUT2D eigenvalue weighted by atomic mass is 19.1. The molecule has 0 spiro atoms. The molecule has 3 rings (SSSR count). The highest BCUT2D eigenvalue weighted by Crippen LogP contribution is 2.20. The second-order valence-corrected chi connectivity index (χ2v) is 6.55. The number of hydrogen-bond donors (Lipinski definition) is 1. The van der Waals surface area contributed by atoms with Crippen molar-refractivity contribution in [1.29, 1.82) is 0 Å². The third-order valence-electron chi connectivity index (χ3n) is 4.49. The average Bonchev–Trinajstić information content (AvgIpc) is 2.73. The van der Waals surface area contributed by atoms with Crippen LogP contribution in [0.2, 0.25) is 0 Å². The van der Waals surface area contributed by atoms with Crippen LogP contribution in [-0.2, 0) is 16.1 Å². The first-order chi connectivity index (χ1) is 13.5. The van der Waals surface area contributed by atoms with Crippen molar-refractivity contribution < 1.29 is 23.5 Å². The van der Waals surface area contributed by atoms with Gasteiger partial charge in [-0.15, -0.1) is 0 Å². The molecule has 0 atom stereocenters. The van der Waals surface area contributed by atoms with E-state index in [9.17, 15) is 14.0 Å². The van der Waals surface area contributed by atoms with E-state index in [1.54, 1.807) is 48.2 Å². The Bertz CT molecular complexity index is 850. The Kier molecular flexibility index (Phi) is 6.60. The van der Waals surface area contributed by atoms with Gasteiger partial charge in [0.05, 0.1) is 18.8 Å². The van der Waals surface area contributed by atoms with Gasteiger partial charge in [-0.3, -0.25) is 9.59 Å². The minimum absolute atomic E-state index is 0.138. The first-order valence-electron chi connectivity index (χ1n) is 9.15. The molecule has 0 aliphatic carbocycles. The van der Waals surface area contributed by atoms with Crippen molar-refractivity contribution in [1.82, 2.24) is 10.2 Å². The molecule has 0 aromatic heterocycles. The molecule has 2 aromatic carbocycles. The van der Waals surface area contributed by atoms with Crippen LogP contribution in [0.25, 0.3) is 0 Å². The molecule has 0 saturated carbocycles. The molecule has 1 saturated heterocycles. The van der Waals surface area contributed by atoms with Crippen molar-refractivity contribution >= 4 is 11.8 Å². The van der Waals surface area contributed by atoms with E-state index >= 15 is 0 Å². The molecule has 0 bridgehead atoms. The molecule has 1 N–H and O–H groups in total. The number of hydrogen-bond acceptors (Lipinski definition) is 4. The van der Waals surface area contributed by atoms with Crippen molar-refractivity contribution in [2.45, 2.75) is 13.5 Å². The third-order valence-corrected chi connectivity index (χ3v) is 4.49. The zero-order valence-corrected chi connectivity index (χ0v) is 15.7. The smallest absolute Gasteiger partial charge is 0.258 e. The summed E-state index contributed by atoms with van der Waals surface area (Å²) in [5.41, 5.74) is 1.75. The van der Waals surface area contributed by atoms with Gasteiger partial charge in [0.2, 0.25) is 0 Å². The van der Waals surface area contributed by atoms with Crippen molar-refractivity contribution in [3.63, 3.8) is 0 Å². The summed E-state index contributed by atoms with van der Waals surface area (Å²) in [6.07, 6.45) is 0. The Morgan fingerprint density at radius 2 is 1.93 bits per heavy atom. The second-order valence-electron chi connectivity index (χ2n) is 6.55. The number of nitrogens with one attached hydrogen (secondary N) is 1. The number of para-hydroxylation sites is 1. The molecule has 2 amide bonds. The normalized spacial score (nSPS) is 13.9. The largest absolute Gasteiger partial charge is 0.483 e. The minimum Gasteiger partial charge on any atom is -0.483 e. The number of nitrogens with zero attached hydrogens (tertiary/aromatic N) is 1. The van der Waals surface area contributed by atoms with Gasteiger partial charge >= 0.3 is 0 Å². The fourth-order valence-corrected chi connectivity index (χ4v) is 2.92. The predicted octanol–water partition coefficient (Wildman–Crippen LogP) is 2.30. The predicted molar refractivity (Wildman–Crippen MR) is 102 cm³/mol. The molecule has 6 nitrogen and oxygen atoms in total. The van der Waals surface area contributed by atoms with Crippen LogP contribution < -0.4 is 10.1 Å². The number of aryl methyl sites for hydroxylation is 1. The Labute approximate surface area is 163 Å². The maximum Gasteiger partial charge on any atom is 0.258 e. The van der Waals surface area contributed by atoms with Gasteiger partial charge in [0.1, 0.15) is 11.6 Å². The van der Waals surface area contributed by atoms with Crippen molar-refractivity contribution in [3.05, 3.63) is 65.0 Å². The van der Waals surface area contributed by atoms with E-state index < -0.39 is 0 Å². The fraction of sp³-hybridized carbons (Fsp3) is 0.333. The van der Waals surface area contributed by atoms with Crippen LogP contribution in [0, 0.1) is 12.7 Å². The van der Waals surface area contributed by atoms with E-state index in [-0.39, 0.29) is 30.8 Å². The highest BCUT2D eigenvalue weighted by molar-refractivity contribution is 5.97. The first-order valence-corrected chi connectivity index (χ1v) is 9.15. The minimum atomic E-state index is -0.324. The number of carbonyl (C=O) groups excluding carboxylic acids is 2. The van der Waals surface area contributed by atoms with E-state index in [0.29, 0.717) is 43.2 Å². The van der Waals surface area contributed by atoms with Gasteiger partial charge in [-0.05, 0) is 36.2 Å². The monoisotopic (exact) mass is 386 g/mol. The summed E-state index contributed by atoms with van der Waals surface area (Å²) in [5, 5.41) is 2.73. The molecule has 1 fully saturated rings. The van der Waals surface area contributed by atoms with Gasteiger partial charge in [-0.2, -0.15) is 0 Å². The Morgan fingerprint density at radius 1 is 1.18 bits per heavy atom. The number of benzene rings is 2. The lowest BCUT2D eigenvalue weighted by Gasteiger charge is -2.27. The zero-order chi connectivity index (χ0) is 19.9. The summed E-state index contributed by atoms with van der Waals surface area (Å²) >= 11 is 0. The lowest BCUT2D eigenvalue weighted by molar-refractivity contribution is -0.123. The van der Waals surface area contributed by atoms with Crippen LogP contribution in [0.15, 0.2) is 42.5 Å². The Balaban J connectivity index is 1.55. The standard InChI is InChI=1S/C21H23FN2O4/c1-15-12-16(6-7-18(15)22)13-23-20(25)14-28-19-5-3-2-4-17(19)21(26)24-8-10-27-11-9-24/h2-7,12H,8-11,13-14H2,1H3,(H,23,25). The maximum atomic E-state index is 13.3. The molecule has 1 heterocycles. The van der Waals surface area contributed by atoms with E-state index in [2.05, 4.69) is 5.32 Å². The second kappa shape index (κ2) is 9.32. The summed E-state index contributed by atoms with van der Waals surface area (Å²) in [5.74, 6) is -0.372. The van der Waals surface area contributed by atoms with Gasteiger partial charge in [-0.25, -0.2) is 4.39 Å². The Hall–Kier alpha value is -2.93. The molecular weight excluding hydrogens is 363 g/mol. The van der Waals surface area contributed by atoms with Crippen molar-refractivity contribution in [3.8, 4) is 5.75 Å². The number of morpholine rings is 1. The van der Waals surface area contributed by atoms with E-state index in [0.717, 1.165) is 5.56 Å². The maximum absolute atomic E-state index is 13.3. The van der Waals surface area contributed by atoms with Crippen molar-refractivity contribution in [2.24, 2.45) is 0 Å². The molecule has 1 aliphatic rings. The SMILES string of the molecule is Cc1cc(CNC(=O)COc2ccccc2C(=O)N2CCOCC2)ccc1F. The summed E-state index contributed by atoms with van der Waals surface area (Å²) < 4.78 is 24.2. The number of ether oxygens (including phenoxy) is 2. The van der Waals surface area contributed by atoms with Gasteiger partial charge in [0.15, 0.2) is 6.61 Å². The van der Waals surface area contributed by atoms with Gasteiger partial charge < -0.3 is 19.7 Å². The van der Waals surface area contributed by atoms with Gasteiger partial charge in [-0.1, -0.05) is 24.3 Å². The molecule has 2 aromatic rings. The number of carbonyl (C=O) groups is 2. The van der Waals surface area contributed by atoms with Crippen LogP contribution >= 0.6 is 0 Å².